The van der Waals surface area contributed by atoms with Crippen LogP contribution >= 0.6 is 0 Å². The fourth-order valence-corrected chi connectivity index (χ4v) is 4.06. The van der Waals surface area contributed by atoms with Crippen molar-refractivity contribution in [3.05, 3.63) is 42.0 Å². The van der Waals surface area contributed by atoms with Crippen LogP contribution in [0.15, 0.2) is 36.4 Å². The summed E-state index contributed by atoms with van der Waals surface area (Å²) in [7, 11) is -3.03. The summed E-state index contributed by atoms with van der Waals surface area (Å²) in [5.41, 5.74) is 1.73. The van der Waals surface area contributed by atoms with Gasteiger partial charge >= 0.3 is 0 Å². The maximum atomic E-state index is 11.8. The van der Waals surface area contributed by atoms with E-state index in [1.807, 2.05) is 37.3 Å². The Morgan fingerprint density at radius 2 is 1.96 bits per heavy atom. The number of carbonyl (C=O) groups excluding carboxylic acids is 2. The fourth-order valence-electron chi connectivity index (χ4n) is 2.39. The van der Waals surface area contributed by atoms with Gasteiger partial charge in [-0.3, -0.25) is 9.59 Å². The van der Waals surface area contributed by atoms with Crippen molar-refractivity contribution in [3.8, 4) is 0 Å². The van der Waals surface area contributed by atoms with Gasteiger partial charge in [0, 0.05) is 12.1 Å². The summed E-state index contributed by atoms with van der Waals surface area (Å²) < 4.78 is 22.6. The molecular weight excluding hydrogens is 316 g/mol. The standard InChI is InChI=1S/C16H20N2O4S/c1-12(13-5-3-2-4-6-13)9-15(19)17-10-16(20)18-14-7-8-23(21,22)11-14/h2-6,9,14H,7-8,10-11H2,1H3,(H,17,19)(H,18,20)/b12-9-/t14-/m1/s1. The average Bonchev–Trinajstić information content (AvgIpc) is 2.85. The van der Waals surface area contributed by atoms with Crippen LogP contribution in [0.5, 0.6) is 0 Å². The molecule has 23 heavy (non-hydrogen) atoms. The zero-order chi connectivity index (χ0) is 16.9. The van der Waals surface area contributed by atoms with Gasteiger partial charge in [0.15, 0.2) is 9.84 Å². The summed E-state index contributed by atoms with van der Waals surface area (Å²) in [6.07, 6.45) is 1.86. The molecule has 1 heterocycles. The number of benzene rings is 1. The minimum absolute atomic E-state index is 0.0281. The van der Waals surface area contributed by atoms with Crippen molar-refractivity contribution in [1.82, 2.24) is 10.6 Å². The molecule has 1 aromatic carbocycles. The molecule has 0 aromatic heterocycles. The van der Waals surface area contributed by atoms with Crippen LogP contribution in [0.3, 0.4) is 0 Å². The van der Waals surface area contributed by atoms with Gasteiger partial charge in [0.2, 0.25) is 11.8 Å². The number of allylic oxidation sites excluding steroid dienone is 1. The Morgan fingerprint density at radius 1 is 1.26 bits per heavy atom. The second kappa shape index (κ2) is 7.41. The Labute approximate surface area is 135 Å². The topological polar surface area (TPSA) is 92.3 Å². The third-order valence-electron chi connectivity index (χ3n) is 3.60. The summed E-state index contributed by atoms with van der Waals surface area (Å²) in [5, 5.41) is 5.12. The Bertz CT molecular complexity index is 711. The van der Waals surface area contributed by atoms with E-state index in [1.54, 1.807) is 0 Å². The van der Waals surface area contributed by atoms with E-state index < -0.39 is 9.84 Å². The van der Waals surface area contributed by atoms with Crippen molar-refractivity contribution in [2.45, 2.75) is 19.4 Å². The smallest absolute Gasteiger partial charge is 0.244 e. The molecule has 124 valence electrons. The second-order valence-corrected chi connectivity index (χ2v) is 7.81. The molecule has 1 atom stereocenters. The SMILES string of the molecule is C/C(=C/C(=O)NCC(=O)N[C@@H]1CCS(=O)(=O)C1)c1ccccc1. The minimum Gasteiger partial charge on any atom is -0.351 e. The minimum atomic E-state index is -3.03. The molecule has 1 aromatic rings. The van der Waals surface area contributed by atoms with E-state index >= 15 is 0 Å². The van der Waals surface area contributed by atoms with Crippen LogP contribution in [0.4, 0.5) is 0 Å². The molecule has 0 saturated carbocycles. The van der Waals surface area contributed by atoms with Crippen LogP contribution in [0.25, 0.3) is 5.57 Å². The van der Waals surface area contributed by atoms with E-state index in [4.69, 9.17) is 0 Å². The number of rotatable bonds is 5. The number of hydrogen-bond acceptors (Lipinski definition) is 4. The number of carbonyl (C=O) groups is 2. The highest BCUT2D eigenvalue weighted by Crippen LogP contribution is 2.12. The first-order valence-electron chi connectivity index (χ1n) is 7.37. The monoisotopic (exact) mass is 336 g/mol. The number of hydrogen-bond donors (Lipinski definition) is 2. The van der Waals surface area contributed by atoms with Crippen LogP contribution in [0.2, 0.25) is 0 Å². The first-order chi connectivity index (χ1) is 10.9. The molecule has 2 amide bonds. The Hall–Kier alpha value is -2.15. The van der Waals surface area contributed by atoms with Crippen LogP contribution in [0.1, 0.15) is 18.9 Å². The molecule has 0 spiro atoms. The van der Waals surface area contributed by atoms with E-state index in [1.165, 1.54) is 6.08 Å². The molecule has 1 aliphatic rings. The van der Waals surface area contributed by atoms with Crippen molar-refractivity contribution in [2.75, 3.05) is 18.1 Å². The normalized spacial score (nSPS) is 20.0. The van der Waals surface area contributed by atoms with Crippen LogP contribution in [-0.2, 0) is 19.4 Å². The molecule has 0 unspecified atom stereocenters. The van der Waals surface area contributed by atoms with Gasteiger partial charge in [0.1, 0.15) is 0 Å². The van der Waals surface area contributed by atoms with Gasteiger partial charge in [-0.1, -0.05) is 30.3 Å². The van der Waals surface area contributed by atoms with Gasteiger partial charge in [-0.25, -0.2) is 8.42 Å². The summed E-state index contributed by atoms with van der Waals surface area (Å²) in [4.78, 5) is 23.5. The molecule has 2 rings (SSSR count). The van der Waals surface area contributed by atoms with Gasteiger partial charge in [0.05, 0.1) is 18.1 Å². The molecule has 1 saturated heterocycles. The average molecular weight is 336 g/mol. The molecule has 1 aliphatic heterocycles. The first-order valence-corrected chi connectivity index (χ1v) is 9.19. The fraction of sp³-hybridized carbons (Fsp3) is 0.375. The van der Waals surface area contributed by atoms with E-state index in [2.05, 4.69) is 10.6 Å². The molecule has 0 aliphatic carbocycles. The predicted molar refractivity (Wildman–Crippen MR) is 88.3 cm³/mol. The second-order valence-electron chi connectivity index (χ2n) is 5.58. The number of amides is 2. The van der Waals surface area contributed by atoms with E-state index in [0.29, 0.717) is 6.42 Å². The van der Waals surface area contributed by atoms with Gasteiger partial charge in [-0.2, -0.15) is 0 Å². The lowest BCUT2D eigenvalue weighted by Crippen LogP contribution is -2.42. The summed E-state index contributed by atoms with van der Waals surface area (Å²) in [6.45, 7) is 1.65. The highest BCUT2D eigenvalue weighted by molar-refractivity contribution is 7.91. The van der Waals surface area contributed by atoms with Gasteiger partial charge in [-0.05, 0) is 24.5 Å². The van der Waals surface area contributed by atoms with Crippen molar-refractivity contribution in [2.24, 2.45) is 0 Å². The van der Waals surface area contributed by atoms with Crippen molar-refractivity contribution < 1.29 is 18.0 Å². The van der Waals surface area contributed by atoms with Crippen LogP contribution in [-0.4, -0.2) is 44.3 Å². The maximum Gasteiger partial charge on any atom is 0.244 e. The number of sulfone groups is 1. The van der Waals surface area contributed by atoms with Gasteiger partial charge < -0.3 is 10.6 Å². The lowest BCUT2D eigenvalue weighted by atomic mass is 10.1. The Morgan fingerprint density at radius 3 is 2.57 bits per heavy atom. The summed E-state index contributed by atoms with van der Waals surface area (Å²) in [5.74, 6) is -0.671. The van der Waals surface area contributed by atoms with Crippen molar-refractivity contribution in [1.29, 1.82) is 0 Å². The summed E-state index contributed by atoms with van der Waals surface area (Å²) >= 11 is 0. The van der Waals surface area contributed by atoms with Crippen LogP contribution in [0, 0.1) is 0 Å². The molecule has 1 fully saturated rings. The maximum absolute atomic E-state index is 11.8. The van der Waals surface area contributed by atoms with Gasteiger partial charge in [0.25, 0.3) is 0 Å². The first kappa shape index (κ1) is 17.2. The van der Waals surface area contributed by atoms with Gasteiger partial charge in [-0.15, -0.1) is 0 Å². The Balaban J connectivity index is 1.79. The molecule has 0 radical (unpaired) electrons. The van der Waals surface area contributed by atoms with Crippen molar-refractivity contribution in [3.63, 3.8) is 0 Å². The predicted octanol–water partition coefficient (Wildman–Crippen LogP) is 0.509. The number of nitrogens with one attached hydrogen (secondary N) is 2. The lowest BCUT2D eigenvalue weighted by Gasteiger charge is -2.11. The van der Waals surface area contributed by atoms with Crippen molar-refractivity contribution >= 4 is 27.2 Å². The summed E-state index contributed by atoms with van der Waals surface area (Å²) in [6, 6.07) is 9.09. The molecule has 6 nitrogen and oxygen atoms in total. The molecule has 2 N–H and O–H groups in total. The zero-order valence-electron chi connectivity index (χ0n) is 12.9. The molecule has 7 heteroatoms. The van der Waals surface area contributed by atoms with E-state index in [9.17, 15) is 18.0 Å². The lowest BCUT2D eigenvalue weighted by molar-refractivity contribution is -0.124. The zero-order valence-corrected chi connectivity index (χ0v) is 13.7. The van der Waals surface area contributed by atoms with Crippen LogP contribution < -0.4 is 10.6 Å². The highest BCUT2D eigenvalue weighted by Gasteiger charge is 2.28. The van der Waals surface area contributed by atoms with E-state index in [0.717, 1.165) is 11.1 Å². The molecule has 0 bridgehead atoms. The van der Waals surface area contributed by atoms with E-state index in [-0.39, 0.29) is 35.9 Å². The third-order valence-corrected chi connectivity index (χ3v) is 5.37. The largest absolute Gasteiger partial charge is 0.351 e. The quantitative estimate of drug-likeness (QED) is 0.766. The molecular formula is C16H20N2O4S. The third kappa shape index (κ3) is 5.52. The highest BCUT2D eigenvalue weighted by atomic mass is 32.2. The Kier molecular flexibility index (Phi) is 5.54.